The Morgan fingerprint density at radius 1 is 1.00 bits per heavy atom. The summed E-state index contributed by atoms with van der Waals surface area (Å²) in [7, 11) is 1.29. The number of hydrogen-bond acceptors (Lipinski definition) is 6. The first-order valence-corrected chi connectivity index (χ1v) is 8.39. The van der Waals surface area contributed by atoms with Crippen LogP contribution in [0.25, 0.3) is 0 Å². The summed E-state index contributed by atoms with van der Waals surface area (Å²) in [6.45, 7) is 0.0816. The second-order valence-electron chi connectivity index (χ2n) is 4.89. The van der Waals surface area contributed by atoms with Crippen LogP contribution in [-0.2, 0) is 20.9 Å². The lowest BCUT2D eigenvalue weighted by Gasteiger charge is -2.08. The van der Waals surface area contributed by atoms with E-state index in [-0.39, 0.29) is 12.4 Å². The number of carbonyl (C=O) groups is 3. The predicted octanol–water partition coefficient (Wildman–Crippen LogP) is 3.02. The molecule has 0 aromatic heterocycles. The van der Waals surface area contributed by atoms with E-state index in [9.17, 15) is 14.4 Å². The van der Waals surface area contributed by atoms with E-state index in [4.69, 9.17) is 9.47 Å². The molecule has 0 aliphatic rings. The van der Waals surface area contributed by atoms with Gasteiger partial charge >= 0.3 is 12.1 Å². The van der Waals surface area contributed by atoms with Crippen molar-refractivity contribution in [3.05, 3.63) is 65.7 Å². The number of ether oxygens (including phenoxy) is 2. The molecule has 0 heterocycles. The second kappa shape index (κ2) is 9.48. The normalized spacial score (nSPS) is 9.96. The van der Waals surface area contributed by atoms with Gasteiger partial charge in [-0.15, -0.1) is 11.8 Å². The molecule has 0 aliphatic carbocycles. The number of nitrogens with one attached hydrogen (secondary N) is 1. The molecule has 0 radical (unpaired) electrons. The standard InChI is InChI=1S/C18H17NO5S/c1-23-17(21)14-9-5-6-10-15(14)25-12-16(20)19-18(22)24-11-13-7-3-2-4-8-13/h2-10H,11-12H2,1H3,(H,19,20,22). The Labute approximate surface area is 149 Å². The van der Waals surface area contributed by atoms with Gasteiger partial charge in [0.25, 0.3) is 0 Å². The van der Waals surface area contributed by atoms with Gasteiger partial charge in [0.05, 0.1) is 18.4 Å². The maximum atomic E-state index is 11.8. The molecule has 2 aromatic rings. The fourth-order valence-corrected chi connectivity index (χ4v) is 2.76. The molecule has 2 amide bonds. The summed E-state index contributed by atoms with van der Waals surface area (Å²) in [5, 5.41) is 2.15. The highest BCUT2D eigenvalue weighted by Gasteiger charge is 2.14. The second-order valence-corrected chi connectivity index (χ2v) is 5.90. The minimum Gasteiger partial charge on any atom is -0.465 e. The molecule has 6 nitrogen and oxygen atoms in total. The van der Waals surface area contributed by atoms with E-state index in [1.54, 1.807) is 24.3 Å². The topological polar surface area (TPSA) is 81.7 Å². The van der Waals surface area contributed by atoms with Gasteiger partial charge in [0.2, 0.25) is 5.91 Å². The molecule has 0 unspecified atom stereocenters. The molecule has 0 atom stereocenters. The predicted molar refractivity (Wildman–Crippen MR) is 93.3 cm³/mol. The SMILES string of the molecule is COC(=O)c1ccccc1SCC(=O)NC(=O)OCc1ccccc1. The zero-order valence-corrected chi connectivity index (χ0v) is 14.4. The van der Waals surface area contributed by atoms with E-state index in [1.807, 2.05) is 30.3 Å². The lowest BCUT2D eigenvalue weighted by Crippen LogP contribution is -2.32. The van der Waals surface area contributed by atoms with Gasteiger partial charge in [-0.25, -0.2) is 9.59 Å². The molecule has 0 saturated carbocycles. The smallest absolute Gasteiger partial charge is 0.414 e. The van der Waals surface area contributed by atoms with Crippen LogP contribution in [0.4, 0.5) is 4.79 Å². The zero-order valence-electron chi connectivity index (χ0n) is 13.6. The molecular formula is C18H17NO5S. The first-order chi connectivity index (χ1) is 12.1. The van der Waals surface area contributed by atoms with Crippen molar-refractivity contribution in [2.45, 2.75) is 11.5 Å². The average Bonchev–Trinajstić information content (AvgIpc) is 2.65. The number of carbonyl (C=O) groups excluding carboxylic acids is 3. The van der Waals surface area contributed by atoms with Crippen molar-refractivity contribution in [3.63, 3.8) is 0 Å². The monoisotopic (exact) mass is 359 g/mol. The van der Waals surface area contributed by atoms with Crippen LogP contribution in [0, 0.1) is 0 Å². The number of hydrogen-bond donors (Lipinski definition) is 1. The number of esters is 1. The van der Waals surface area contributed by atoms with E-state index >= 15 is 0 Å². The van der Waals surface area contributed by atoms with Gasteiger partial charge in [0, 0.05) is 4.90 Å². The number of rotatable bonds is 6. The maximum Gasteiger partial charge on any atom is 0.414 e. The lowest BCUT2D eigenvalue weighted by molar-refractivity contribution is -0.117. The Balaban J connectivity index is 1.81. The number of amides is 2. The van der Waals surface area contributed by atoms with Crippen LogP contribution in [0.5, 0.6) is 0 Å². The Hall–Kier alpha value is -2.80. The van der Waals surface area contributed by atoms with E-state index < -0.39 is 18.0 Å². The Morgan fingerprint density at radius 2 is 1.68 bits per heavy atom. The quantitative estimate of drug-likeness (QED) is 0.631. The van der Waals surface area contributed by atoms with E-state index in [2.05, 4.69) is 5.32 Å². The number of methoxy groups -OCH3 is 1. The van der Waals surface area contributed by atoms with Gasteiger partial charge in [-0.2, -0.15) is 0 Å². The number of thioether (sulfide) groups is 1. The van der Waals surface area contributed by atoms with Crippen LogP contribution in [0.15, 0.2) is 59.5 Å². The lowest BCUT2D eigenvalue weighted by atomic mass is 10.2. The Morgan fingerprint density at radius 3 is 2.40 bits per heavy atom. The van der Waals surface area contributed by atoms with Crippen LogP contribution in [0.2, 0.25) is 0 Å². The molecule has 0 bridgehead atoms. The minimum absolute atomic E-state index is 0.0333. The van der Waals surface area contributed by atoms with Crippen molar-refractivity contribution in [2.24, 2.45) is 0 Å². The molecule has 7 heteroatoms. The molecule has 0 aliphatic heterocycles. The fourth-order valence-electron chi connectivity index (χ4n) is 1.92. The van der Waals surface area contributed by atoms with Crippen molar-refractivity contribution in [2.75, 3.05) is 12.9 Å². The molecule has 0 fully saturated rings. The summed E-state index contributed by atoms with van der Waals surface area (Å²) >= 11 is 1.13. The zero-order chi connectivity index (χ0) is 18.1. The number of benzene rings is 2. The van der Waals surface area contributed by atoms with Gasteiger partial charge in [0.15, 0.2) is 0 Å². The van der Waals surface area contributed by atoms with Crippen molar-refractivity contribution in [3.8, 4) is 0 Å². The number of alkyl carbamates (subject to hydrolysis) is 1. The van der Waals surface area contributed by atoms with Crippen molar-refractivity contribution in [1.29, 1.82) is 0 Å². The van der Waals surface area contributed by atoms with E-state index in [1.165, 1.54) is 7.11 Å². The third-order valence-electron chi connectivity index (χ3n) is 3.11. The molecule has 2 aromatic carbocycles. The highest BCUT2D eigenvalue weighted by Crippen LogP contribution is 2.23. The molecule has 0 spiro atoms. The van der Waals surface area contributed by atoms with Gasteiger partial charge in [-0.3, -0.25) is 10.1 Å². The van der Waals surface area contributed by atoms with Crippen molar-refractivity contribution < 1.29 is 23.9 Å². The Kier molecular flexibility index (Phi) is 7.03. The first-order valence-electron chi connectivity index (χ1n) is 7.41. The fraction of sp³-hybridized carbons (Fsp3) is 0.167. The van der Waals surface area contributed by atoms with E-state index in [0.29, 0.717) is 10.5 Å². The van der Waals surface area contributed by atoms with Gasteiger partial charge in [-0.05, 0) is 17.7 Å². The first kappa shape index (κ1) is 18.5. The van der Waals surface area contributed by atoms with Crippen LogP contribution in [-0.4, -0.2) is 30.8 Å². The molecule has 0 saturated heterocycles. The summed E-state index contributed by atoms with van der Waals surface area (Å²) in [6.07, 6.45) is -0.810. The summed E-state index contributed by atoms with van der Waals surface area (Å²) in [4.78, 5) is 35.7. The third-order valence-corrected chi connectivity index (χ3v) is 4.18. The van der Waals surface area contributed by atoms with Crippen LogP contribution < -0.4 is 5.32 Å². The summed E-state index contributed by atoms with van der Waals surface area (Å²) < 4.78 is 9.67. The van der Waals surface area contributed by atoms with Crippen LogP contribution in [0.3, 0.4) is 0 Å². The van der Waals surface area contributed by atoms with Crippen molar-refractivity contribution in [1.82, 2.24) is 5.32 Å². The van der Waals surface area contributed by atoms with Gasteiger partial charge in [-0.1, -0.05) is 42.5 Å². The largest absolute Gasteiger partial charge is 0.465 e. The summed E-state index contributed by atoms with van der Waals surface area (Å²) in [5.74, 6) is -1.03. The van der Waals surface area contributed by atoms with Gasteiger partial charge in [0.1, 0.15) is 6.61 Å². The maximum absolute atomic E-state index is 11.8. The van der Waals surface area contributed by atoms with Crippen LogP contribution >= 0.6 is 11.8 Å². The highest BCUT2D eigenvalue weighted by molar-refractivity contribution is 8.00. The molecule has 130 valence electrons. The summed E-state index contributed by atoms with van der Waals surface area (Å²) in [5.41, 5.74) is 1.20. The molecular weight excluding hydrogens is 342 g/mol. The van der Waals surface area contributed by atoms with Crippen LogP contribution in [0.1, 0.15) is 15.9 Å². The molecule has 25 heavy (non-hydrogen) atoms. The molecule has 2 rings (SSSR count). The summed E-state index contributed by atoms with van der Waals surface area (Å²) in [6, 6.07) is 15.9. The number of imide groups is 1. The Bertz CT molecular complexity index is 748. The van der Waals surface area contributed by atoms with E-state index in [0.717, 1.165) is 17.3 Å². The average molecular weight is 359 g/mol. The van der Waals surface area contributed by atoms with Gasteiger partial charge < -0.3 is 9.47 Å². The minimum atomic E-state index is -0.810. The third kappa shape index (κ3) is 5.96. The highest BCUT2D eigenvalue weighted by atomic mass is 32.2. The van der Waals surface area contributed by atoms with Crippen molar-refractivity contribution >= 4 is 29.7 Å². The molecule has 1 N–H and O–H groups in total.